The molecule has 2 aliphatic carbocycles. The summed E-state index contributed by atoms with van der Waals surface area (Å²) in [6, 6.07) is 11.5. The molecule has 1 saturated heterocycles. The molecule has 2 aromatic rings. The van der Waals surface area contributed by atoms with E-state index >= 15 is 0 Å². The van der Waals surface area contributed by atoms with Gasteiger partial charge in [-0.2, -0.15) is 0 Å². The minimum atomic E-state index is -3.93. The molecule has 3 aliphatic heterocycles. The lowest BCUT2D eigenvalue weighted by molar-refractivity contribution is -0.116. The molecule has 8 nitrogen and oxygen atoms in total. The van der Waals surface area contributed by atoms with Crippen molar-refractivity contribution in [2.75, 3.05) is 37.8 Å². The number of anilines is 1. The third kappa shape index (κ3) is 5.20. The lowest BCUT2D eigenvalue weighted by Crippen LogP contribution is -2.51. The van der Waals surface area contributed by atoms with Gasteiger partial charge in [0, 0.05) is 42.1 Å². The topological polar surface area (TPSA) is 94.2 Å². The van der Waals surface area contributed by atoms with E-state index in [1.807, 2.05) is 12.1 Å². The average Bonchev–Trinajstić information content (AvgIpc) is 3.10. The Morgan fingerprint density at radius 3 is 2.81 bits per heavy atom. The second kappa shape index (κ2) is 11.0. The first-order valence-electron chi connectivity index (χ1n) is 15.3. The monoisotopic (exact) mass is 614 g/mol. The van der Waals surface area contributed by atoms with Gasteiger partial charge in [-0.05, 0) is 98.7 Å². The van der Waals surface area contributed by atoms with Crippen LogP contribution in [0.1, 0.15) is 66.9 Å². The zero-order valence-corrected chi connectivity index (χ0v) is 25.6. The van der Waals surface area contributed by atoms with Gasteiger partial charge >= 0.3 is 0 Å². The van der Waals surface area contributed by atoms with E-state index in [0.29, 0.717) is 30.6 Å². The highest BCUT2D eigenvalue weighted by Crippen LogP contribution is 2.47. The van der Waals surface area contributed by atoms with Crippen molar-refractivity contribution < 1.29 is 27.4 Å². The van der Waals surface area contributed by atoms with Gasteiger partial charge in [0.1, 0.15) is 11.0 Å². The summed E-state index contributed by atoms with van der Waals surface area (Å²) in [6.07, 6.45) is 6.83. The largest absolute Gasteiger partial charge is 0.490 e. The van der Waals surface area contributed by atoms with Crippen LogP contribution in [0.25, 0.3) is 0 Å². The van der Waals surface area contributed by atoms with E-state index in [9.17, 15) is 13.2 Å². The van der Waals surface area contributed by atoms with Gasteiger partial charge in [0.05, 0.1) is 31.1 Å². The minimum absolute atomic E-state index is 0.0364. The first kappa shape index (κ1) is 28.4. The highest BCUT2D eigenvalue weighted by Gasteiger charge is 2.45. The van der Waals surface area contributed by atoms with Crippen molar-refractivity contribution in [3.8, 4) is 5.75 Å². The molecule has 7 rings (SSSR count). The summed E-state index contributed by atoms with van der Waals surface area (Å²) >= 11 is 6.41. The summed E-state index contributed by atoms with van der Waals surface area (Å²) in [4.78, 5) is 15.7. The quantitative estimate of drug-likeness (QED) is 0.453. The first-order chi connectivity index (χ1) is 20.2. The molecule has 10 heteroatoms. The molecule has 1 spiro atoms. The summed E-state index contributed by atoms with van der Waals surface area (Å²) < 4.78 is 47.5. The number of carbonyl (C=O) groups is 1. The van der Waals surface area contributed by atoms with E-state index in [1.54, 1.807) is 19.1 Å². The minimum Gasteiger partial charge on any atom is -0.490 e. The number of carbonyl (C=O) groups excluding carboxylic acids is 1. The van der Waals surface area contributed by atoms with Gasteiger partial charge in [0.15, 0.2) is 0 Å². The number of ether oxygens (including phenoxy) is 3. The molecule has 0 aromatic heterocycles. The van der Waals surface area contributed by atoms with Crippen LogP contribution in [0, 0.1) is 11.8 Å². The Bertz CT molecular complexity index is 1480. The van der Waals surface area contributed by atoms with Crippen LogP contribution >= 0.6 is 11.6 Å². The van der Waals surface area contributed by atoms with E-state index < -0.39 is 21.2 Å². The van der Waals surface area contributed by atoms with Crippen LogP contribution < -0.4 is 14.4 Å². The molecule has 1 saturated carbocycles. The van der Waals surface area contributed by atoms with Gasteiger partial charge in [-0.1, -0.05) is 17.7 Å². The Kier molecular flexibility index (Phi) is 7.44. The van der Waals surface area contributed by atoms with Crippen molar-refractivity contribution in [1.29, 1.82) is 0 Å². The number of aryl methyl sites for hydroxylation is 1. The van der Waals surface area contributed by atoms with Crippen molar-refractivity contribution in [2.24, 2.45) is 11.8 Å². The first-order valence-corrected chi connectivity index (χ1v) is 17.2. The van der Waals surface area contributed by atoms with Crippen molar-refractivity contribution in [2.45, 2.75) is 74.7 Å². The standard InChI is InChI=1S/C32H39ClN2O6S/c1-20-17-40-25-10-12-39-30(15-25)26-7-4-23(26)16-35-18-32(11-2-3-21-13-24(33)6-8-27(21)32)19-41-29-9-5-22(14-28(29)35)31(36)34-42(20,37)38/h5-6,8-9,13-14,20,23,25-26,30H,2-4,7,10-12,15-19H2,1H3,(H,34,36)/t20-,23+,25-,26-,30+,32+/m1/s1. The van der Waals surface area contributed by atoms with E-state index in [4.69, 9.17) is 25.8 Å². The third-order valence-electron chi connectivity index (χ3n) is 10.3. The van der Waals surface area contributed by atoms with Crippen molar-refractivity contribution >= 4 is 33.2 Å². The molecule has 5 aliphatic rings. The number of halogens is 1. The molecule has 3 heterocycles. The van der Waals surface area contributed by atoms with Crippen LogP contribution in [-0.2, 0) is 31.3 Å². The van der Waals surface area contributed by atoms with Gasteiger partial charge in [-0.25, -0.2) is 13.1 Å². The summed E-state index contributed by atoms with van der Waals surface area (Å²) in [6.45, 7) is 4.32. The maximum atomic E-state index is 13.3. The molecule has 2 fully saturated rings. The maximum absolute atomic E-state index is 13.3. The molecule has 0 unspecified atom stereocenters. The molecule has 2 aromatic carbocycles. The maximum Gasteiger partial charge on any atom is 0.264 e. The Hall–Kier alpha value is -2.33. The number of rotatable bonds is 0. The van der Waals surface area contributed by atoms with Gasteiger partial charge in [-0.15, -0.1) is 0 Å². The predicted octanol–water partition coefficient (Wildman–Crippen LogP) is 4.87. The highest BCUT2D eigenvalue weighted by molar-refractivity contribution is 7.90. The molecule has 1 amide bonds. The smallest absolute Gasteiger partial charge is 0.264 e. The fourth-order valence-electron chi connectivity index (χ4n) is 7.74. The van der Waals surface area contributed by atoms with E-state index in [-0.39, 0.29) is 24.2 Å². The van der Waals surface area contributed by atoms with Crippen molar-refractivity contribution in [3.63, 3.8) is 0 Å². The van der Waals surface area contributed by atoms with Crippen LogP contribution in [0.3, 0.4) is 0 Å². The van der Waals surface area contributed by atoms with Crippen molar-refractivity contribution in [1.82, 2.24) is 4.72 Å². The second-order valence-corrected chi connectivity index (χ2v) is 15.5. The highest BCUT2D eigenvalue weighted by atomic mass is 35.5. The van der Waals surface area contributed by atoms with Gasteiger partial charge in [0.25, 0.3) is 5.91 Å². The lowest BCUT2D eigenvalue weighted by atomic mass is 9.67. The van der Waals surface area contributed by atoms with Crippen LogP contribution in [0.15, 0.2) is 36.4 Å². The molecule has 42 heavy (non-hydrogen) atoms. The van der Waals surface area contributed by atoms with Gasteiger partial charge < -0.3 is 19.1 Å². The normalized spacial score (nSPS) is 34.2. The molecule has 0 radical (unpaired) electrons. The van der Waals surface area contributed by atoms with Crippen LogP contribution in [-0.4, -0.2) is 64.7 Å². The molecular weight excluding hydrogens is 576 g/mol. The van der Waals surface area contributed by atoms with Crippen LogP contribution in [0.4, 0.5) is 5.69 Å². The number of amides is 1. The Morgan fingerprint density at radius 1 is 1.10 bits per heavy atom. The third-order valence-corrected chi connectivity index (χ3v) is 12.2. The zero-order chi connectivity index (χ0) is 29.1. The Balaban J connectivity index is 1.29. The van der Waals surface area contributed by atoms with E-state index in [0.717, 1.165) is 74.5 Å². The molecular formula is C32H39ClN2O6S. The van der Waals surface area contributed by atoms with Crippen LogP contribution in [0.2, 0.25) is 5.02 Å². The van der Waals surface area contributed by atoms with E-state index in [1.165, 1.54) is 11.1 Å². The average molecular weight is 615 g/mol. The van der Waals surface area contributed by atoms with Gasteiger partial charge in [-0.3, -0.25) is 4.79 Å². The SMILES string of the molecule is C[C@@H]1CO[C@@H]2CCO[C@@H](C2)[C@@H]2CC[C@H]2CN2C[C@@]3(CCCc4cc(Cl)ccc43)COc3ccc(cc32)C(=O)NS1(=O)=O. The second-order valence-electron chi connectivity index (χ2n) is 13.0. The van der Waals surface area contributed by atoms with Gasteiger partial charge in [0.2, 0.25) is 10.0 Å². The number of hydrogen-bond acceptors (Lipinski definition) is 7. The summed E-state index contributed by atoms with van der Waals surface area (Å²) in [5, 5.41) is -0.117. The number of fused-ring (bicyclic) bond motifs is 7. The predicted molar refractivity (Wildman–Crippen MR) is 161 cm³/mol. The molecule has 1 N–H and O–H groups in total. The number of nitrogens with one attached hydrogen (secondary N) is 1. The van der Waals surface area contributed by atoms with E-state index in [2.05, 4.69) is 21.8 Å². The molecule has 226 valence electrons. The summed E-state index contributed by atoms with van der Waals surface area (Å²) in [7, 11) is -3.93. The molecule has 6 atom stereocenters. The Labute approximate surface area is 253 Å². The lowest BCUT2D eigenvalue weighted by Gasteiger charge is -2.48. The zero-order valence-electron chi connectivity index (χ0n) is 24.0. The van der Waals surface area contributed by atoms with Crippen molar-refractivity contribution in [3.05, 3.63) is 58.1 Å². The summed E-state index contributed by atoms with van der Waals surface area (Å²) in [5.74, 6) is 0.939. The number of hydrogen-bond donors (Lipinski definition) is 1. The van der Waals surface area contributed by atoms with Crippen LogP contribution in [0.5, 0.6) is 5.75 Å². The fraction of sp³-hybridized carbons (Fsp3) is 0.594. The summed E-state index contributed by atoms with van der Waals surface area (Å²) in [5.41, 5.74) is 3.48. The fourth-order valence-corrected chi connectivity index (χ4v) is 8.77. The number of benzene rings is 2. The Morgan fingerprint density at radius 2 is 1.98 bits per heavy atom. The number of nitrogens with zero attached hydrogens (tertiary/aromatic N) is 1. The molecule has 4 bridgehead atoms. The number of sulfonamides is 1.